The zero-order valence-electron chi connectivity index (χ0n) is 11.7. The van der Waals surface area contributed by atoms with Gasteiger partial charge in [-0.05, 0) is 41.1 Å². The largest absolute Gasteiger partial charge is 0.351 e. The summed E-state index contributed by atoms with van der Waals surface area (Å²) in [6.45, 7) is 1.99. The molecule has 0 saturated carbocycles. The molecule has 2 N–H and O–H groups in total. The van der Waals surface area contributed by atoms with Crippen molar-refractivity contribution in [2.45, 2.75) is 13.3 Å². The van der Waals surface area contributed by atoms with Crippen LogP contribution in [0.3, 0.4) is 0 Å². The second-order valence-electron chi connectivity index (χ2n) is 4.47. The summed E-state index contributed by atoms with van der Waals surface area (Å²) in [6.07, 6.45) is 0.108. The van der Waals surface area contributed by atoms with Crippen molar-refractivity contribution in [2.75, 3.05) is 11.9 Å². The second-order valence-corrected chi connectivity index (χ2v) is 6.18. The van der Waals surface area contributed by atoms with Crippen LogP contribution < -0.4 is 10.6 Å². The van der Waals surface area contributed by atoms with Gasteiger partial charge in [0, 0.05) is 22.8 Å². The molecule has 0 aliphatic carbocycles. The molecule has 1 aromatic carbocycles. The molecule has 1 aromatic heterocycles. The number of benzene rings is 1. The Balaban J connectivity index is 1.81. The van der Waals surface area contributed by atoms with Crippen molar-refractivity contribution in [3.05, 3.63) is 45.1 Å². The SMILES string of the molecule is Cc1csc(NC(=O)CCNC(=O)c2cc(F)ccc2Br)n1. The molecule has 5 nitrogen and oxygen atoms in total. The molecule has 0 bridgehead atoms. The fourth-order valence-electron chi connectivity index (χ4n) is 1.65. The maximum atomic E-state index is 13.1. The van der Waals surface area contributed by atoms with E-state index in [0.29, 0.717) is 9.60 Å². The lowest BCUT2D eigenvalue weighted by molar-refractivity contribution is -0.116. The van der Waals surface area contributed by atoms with E-state index in [9.17, 15) is 14.0 Å². The Bertz CT molecular complexity index is 705. The number of thiazole rings is 1. The van der Waals surface area contributed by atoms with Gasteiger partial charge in [-0.15, -0.1) is 11.3 Å². The van der Waals surface area contributed by atoms with Crippen molar-refractivity contribution in [2.24, 2.45) is 0 Å². The van der Waals surface area contributed by atoms with Gasteiger partial charge in [-0.1, -0.05) is 0 Å². The lowest BCUT2D eigenvalue weighted by Crippen LogP contribution is -2.28. The van der Waals surface area contributed by atoms with Gasteiger partial charge in [-0.2, -0.15) is 0 Å². The van der Waals surface area contributed by atoms with Crippen LogP contribution >= 0.6 is 27.3 Å². The quantitative estimate of drug-likeness (QED) is 0.830. The van der Waals surface area contributed by atoms with Crippen molar-refractivity contribution in [1.29, 1.82) is 0 Å². The van der Waals surface area contributed by atoms with Crippen molar-refractivity contribution >= 4 is 44.2 Å². The summed E-state index contributed by atoms with van der Waals surface area (Å²) in [5.41, 5.74) is 1.03. The van der Waals surface area contributed by atoms with E-state index in [4.69, 9.17) is 0 Å². The van der Waals surface area contributed by atoms with E-state index >= 15 is 0 Å². The summed E-state index contributed by atoms with van der Waals surface area (Å²) in [5.74, 6) is -1.18. The summed E-state index contributed by atoms with van der Waals surface area (Å²) < 4.78 is 13.6. The molecule has 0 fully saturated rings. The number of nitrogens with zero attached hydrogens (tertiary/aromatic N) is 1. The number of amides is 2. The number of aryl methyl sites for hydroxylation is 1. The van der Waals surface area contributed by atoms with E-state index in [1.54, 1.807) is 0 Å². The highest BCUT2D eigenvalue weighted by Crippen LogP contribution is 2.17. The monoisotopic (exact) mass is 385 g/mol. The van der Waals surface area contributed by atoms with Gasteiger partial charge in [0.05, 0.1) is 11.3 Å². The lowest BCUT2D eigenvalue weighted by atomic mass is 10.2. The van der Waals surface area contributed by atoms with E-state index in [2.05, 4.69) is 31.5 Å². The molecule has 0 unspecified atom stereocenters. The number of hydrogen-bond donors (Lipinski definition) is 2. The molecule has 1 heterocycles. The number of carbonyl (C=O) groups is 2. The van der Waals surface area contributed by atoms with Crippen LogP contribution in [0.15, 0.2) is 28.1 Å². The average molecular weight is 386 g/mol. The highest BCUT2D eigenvalue weighted by atomic mass is 79.9. The minimum absolute atomic E-state index is 0.108. The van der Waals surface area contributed by atoms with Gasteiger partial charge < -0.3 is 10.6 Å². The Morgan fingerprint density at radius 3 is 2.86 bits per heavy atom. The summed E-state index contributed by atoms with van der Waals surface area (Å²) >= 11 is 4.52. The second kappa shape index (κ2) is 7.46. The molecule has 8 heteroatoms. The van der Waals surface area contributed by atoms with Crippen LogP contribution in [0, 0.1) is 12.7 Å². The molecule has 0 aliphatic rings. The number of halogens is 2. The van der Waals surface area contributed by atoms with E-state index in [-0.39, 0.29) is 24.4 Å². The maximum Gasteiger partial charge on any atom is 0.252 e. The van der Waals surface area contributed by atoms with Crippen LogP contribution in [-0.2, 0) is 4.79 Å². The Morgan fingerprint density at radius 2 is 2.18 bits per heavy atom. The van der Waals surface area contributed by atoms with Crippen molar-refractivity contribution in [1.82, 2.24) is 10.3 Å². The molecule has 116 valence electrons. The minimum Gasteiger partial charge on any atom is -0.351 e. The maximum absolute atomic E-state index is 13.1. The van der Waals surface area contributed by atoms with Gasteiger partial charge in [-0.3, -0.25) is 9.59 Å². The van der Waals surface area contributed by atoms with Crippen LogP contribution in [0.4, 0.5) is 9.52 Å². The Morgan fingerprint density at radius 1 is 1.41 bits per heavy atom. The summed E-state index contributed by atoms with van der Waals surface area (Å²) in [6, 6.07) is 3.85. The zero-order valence-corrected chi connectivity index (χ0v) is 14.1. The van der Waals surface area contributed by atoms with Gasteiger partial charge >= 0.3 is 0 Å². The molecule has 22 heavy (non-hydrogen) atoms. The molecule has 2 rings (SSSR count). The summed E-state index contributed by atoms with van der Waals surface area (Å²) in [7, 11) is 0. The van der Waals surface area contributed by atoms with Crippen LogP contribution in [0.25, 0.3) is 0 Å². The van der Waals surface area contributed by atoms with Crippen LogP contribution in [0.2, 0.25) is 0 Å². The fourth-order valence-corrected chi connectivity index (χ4v) is 2.78. The van der Waals surface area contributed by atoms with Crippen molar-refractivity contribution in [3.63, 3.8) is 0 Å². The van der Waals surface area contributed by atoms with E-state index < -0.39 is 11.7 Å². The Hall–Kier alpha value is -1.80. The Labute approximate surface area is 139 Å². The number of carbonyl (C=O) groups excluding carboxylic acids is 2. The summed E-state index contributed by atoms with van der Waals surface area (Å²) in [4.78, 5) is 27.7. The third kappa shape index (κ3) is 4.60. The first-order valence-electron chi connectivity index (χ1n) is 6.41. The first-order chi connectivity index (χ1) is 10.5. The first kappa shape index (κ1) is 16.6. The third-order valence-corrected chi connectivity index (χ3v) is 4.24. The molecule has 0 aliphatic heterocycles. The molecule has 0 spiro atoms. The van der Waals surface area contributed by atoms with Gasteiger partial charge in [-0.25, -0.2) is 9.37 Å². The predicted octanol–water partition coefficient (Wildman–Crippen LogP) is 3.11. The van der Waals surface area contributed by atoms with Gasteiger partial charge in [0.15, 0.2) is 5.13 Å². The number of rotatable bonds is 5. The highest BCUT2D eigenvalue weighted by molar-refractivity contribution is 9.10. The van der Waals surface area contributed by atoms with E-state index in [1.807, 2.05) is 12.3 Å². The van der Waals surface area contributed by atoms with Crippen molar-refractivity contribution < 1.29 is 14.0 Å². The van der Waals surface area contributed by atoms with E-state index in [1.165, 1.54) is 23.5 Å². The van der Waals surface area contributed by atoms with Crippen LogP contribution in [0.5, 0.6) is 0 Å². The number of nitrogens with one attached hydrogen (secondary N) is 2. The lowest BCUT2D eigenvalue weighted by Gasteiger charge is -2.07. The third-order valence-electron chi connectivity index (χ3n) is 2.68. The number of hydrogen-bond acceptors (Lipinski definition) is 4. The van der Waals surface area contributed by atoms with Crippen LogP contribution in [0.1, 0.15) is 22.5 Å². The standard InChI is InChI=1S/C14H13BrFN3O2S/c1-8-7-22-14(18-8)19-12(20)4-5-17-13(21)10-6-9(16)2-3-11(10)15/h2-3,6-7H,4-5H2,1H3,(H,17,21)(H,18,19,20). The van der Waals surface area contributed by atoms with Gasteiger partial charge in [0.25, 0.3) is 5.91 Å². The topological polar surface area (TPSA) is 71.1 Å². The highest BCUT2D eigenvalue weighted by Gasteiger charge is 2.12. The number of aromatic nitrogens is 1. The van der Waals surface area contributed by atoms with Crippen LogP contribution in [-0.4, -0.2) is 23.3 Å². The minimum atomic E-state index is -0.495. The Kier molecular flexibility index (Phi) is 5.62. The normalized spacial score (nSPS) is 10.3. The smallest absolute Gasteiger partial charge is 0.252 e. The molecule has 0 saturated heterocycles. The first-order valence-corrected chi connectivity index (χ1v) is 8.08. The van der Waals surface area contributed by atoms with Crippen molar-refractivity contribution in [3.8, 4) is 0 Å². The van der Waals surface area contributed by atoms with Gasteiger partial charge in [0.1, 0.15) is 5.82 Å². The zero-order chi connectivity index (χ0) is 16.1. The number of anilines is 1. The molecule has 0 atom stereocenters. The molecular weight excluding hydrogens is 373 g/mol. The molecular formula is C14H13BrFN3O2S. The molecule has 2 amide bonds. The molecule has 2 aromatic rings. The fraction of sp³-hybridized carbons (Fsp3) is 0.214. The van der Waals surface area contributed by atoms with Gasteiger partial charge in [0.2, 0.25) is 5.91 Å². The summed E-state index contributed by atoms with van der Waals surface area (Å²) in [5, 5.41) is 7.58. The molecule has 0 radical (unpaired) electrons. The van der Waals surface area contributed by atoms with E-state index in [0.717, 1.165) is 11.8 Å². The predicted molar refractivity (Wildman–Crippen MR) is 86.5 cm³/mol. The average Bonchev–Trinajstić information content (AvgIpc) is 2.86.